The van der Waals surface area contributed by atoms with Gasteiger partial charge in [-0.25, -0.2) is 8.42 Å². The van der Waals surface area contributed by atoms with Crippen LogP contribution >= 0.6 is 11.6 Å². The minimum atomic E-state index is -3.46. The molecule has 7 heteroatoms. The molecule has 0 saturated carbocycles. The SMILES string of the molecule is Cc1ccc(N(Cc2ccc(NC(=O)c3ccc(Cl)cc3)cc2)S(C)(=O)=O)cc1C. The van der Waals surface area contributed by atoms with Gasteiger partial charge < -0.3 is 5.32 Å². The highest BCUT2D eigenvalue weighted by atomic mass is 35.5. The number of amides is 1. The summed E-state index contributed by atoms with van der Waals surface area (Å²) >= 11 is 5.85. The van der Waals surface area contributed by atoms with Crippen LogP contribution in [0, 0.1) is 13.8 Å². The van der Waals surface area contributed by atoms with E-state index in [1.54, 1.807) is 48.5 Å². The van der Waals surface area contributed by atoms with Gasteiger partial charge >= 0.3 is 0 Å². The maximum atomic E-state index is 12.4. The monoisotopic (exact) mass is 442 g/mol. The average molecular weight is 443 g/mol. The van der Waals surface area contributed by atoms with Gasteiger partial charge in [0.25, 0.3) is 5.91 Å². The Hall–Kier alpha value is -2.83. The van der Waals surface area contributed by atoms with E-state index in [4.69, 9.17) is 11.6 Å². The Morgan fingerprint density at radius 3 is 2.13 bits per heavy atom. The summed E-state index contributed by atoms with van der Waals surface area (Å²) in [4.78, 5) is 12.3. The Bertz CT molecular complexity index is 1160. The van der Waals surface area contributed by atoms with Crippen molar-refractivity contribution in [3.8, 4) is 0 Å². The molecule has 3 rings (SSSR count). The van der Waals surface area contributed by atoms with E-state index < -0.39 is 10.0 Å². The first kappa shape index (κ1) is 21.9. The third-order valence-electron chi connectivity index (χ3n) is 4.82. The average Bonchev–Trinajstić information content (AvgIpc) is 2.69. The highest BCUT2D eigenvalue weighted by molar-refractivity contribution is 7.92. The van der Waals surface area contributed by atoms with E-state index in [0.29, 0.717) is 22.0 Å². The van der Waals surface area contributed by atoms with E-state index in [-0.39, 0.29) is 12.5 Å². The van der Waals surface area contributed by atoms with Gasteiger partial charge in [0.1, 0.15) is 0 Å². The van der Waals surface area contributed by atoms with Crippen molar-refractivity contribution in [3.05, 3.63) is 94.0 Å². The third kappa shape index (κ3) is 5.40. The lowest BCUT2D eigenvalue weighted by molar-refractivity contribution is 0.102. The number of benzene rings is 3. The van der Waals surface area contributed by atoms with E-state index in [9.17, 15) is 13.2 Å². The molecular formula is C23H23ClN2O3S. The van der Waals surface area contributed by atoms with Crippen LogP contribution in [0.15, 0.2) is 66.7 Å². The van der Waals surface area contributed by atoms with Crippen LogP contribution in [0.25, 0.3) is 0 Å². The fourth-order valence-corrected chi connectivity index (χ4v) is 3.95. The molecule has 1 amide bonds. The number of nitrogens with zero attached hydrogens (tertiary/aromatic N) is 1. The number of carbonyl (C=O) groups excluding carboxylic acids is 1. The van der Waals surface area contributed by atoms with Crippen molar-refractivity contribution < 1.29 is 13.2 Å². The standard InChI is InChI=1S/C23H23ClN2O3S/c1-16-4-13-22(14-17(16)2)26(30(3,28)29)15-18-5-11-21(12-6-18)25-23(27)19-7-9-20(24)10-8-19/h4-14H,15H2,1-3H3,(H,25,27). The Balaban J connectivity index is 1.76. The number of halogens is 1. The first-order chi connectivity index (χ1) is 14.1. The molecule has 0 heterocycles. The van der Waals surface area contributed by atoms with Crippen LogP contribution in [0.1, 0.15) is 27.0 Å². The van der Waals surface area contributed by atoms with Gasteiger partial charge in [-0.2, -0.15) is 0 Å². The smallest absolute Gasteiger partial charge is 0.255 e. The summed E-state index contributed by atoms with van der Waals surface area (Å²) in [6, 6.07) is 19.3. The molecule has 0 fully saturated rings. The van der Waals surface area contributed by atoms with Gasteiger partial charge in [-0.1, -0.05) is 29.8 Å². The second kappa shape index (κ2) is 8.90. The molecule has 0 bridgehead atoms. The number of anilines is 2. The van der Waals surface area contributed by atoms with Gasteiger partial charge in [0.15, 0.2) is 0 Å². The number of sulfonamides is 1. The van der Waals surface area contributed by atoms with Crippen molar-refractivity contribution in [1.29, 1.82) is 0 Å². The third-order valence-corrected chi connectivity index (χ3v) is 6.22. The highest BCUT2D eigenvalue weighted by Gasteiger charge is 2.18. The topological polar surface area (TPSA) is 66.5 Å². The van der Waals surface area contributed by atoms with Gasteiger partial charge in [-0.3, -0.25) is 9.10 Å². The molecule has 0 aliphatic carbocycles. The van der Waals surface area contributed by atoms with E-state index in [1.807, 2.05) is 32.0 Å². The van der Waals surface area contributed by atoms with Crippen molar-refractivity contribution in [1.82, 2.24) is 0 Å². The lowest BCUT2D eigenvalue weighted by Crippen LogP contribution is -2.29. The molecule has 3 aromatic rings. The lowest BCUT2D eigenvalue weighted by Gasteiger charge is -2.23. The molecule has 0 aliphatic heterocycles. The van der Waals surface area contributed by atoms with Crippen LogP contribution in [0.2, 0.25) is 5.02 Å². The van der Waals surface area contributed by atoms with Crippen LogP contribution in [0.3, 0.4) is 0 Å². The predicted octanol–water partition coefficient (Wildman–Crippen LogP) is 5.18. The van der Waals surface area contributed by atoms with Crippen molar-refractivity contribution in [2.75, 3.05) is 15.9 Å². The van der Waals surface area contributed by atoms with Crippen LogP contribution < -0.4 is 9.62 Å². The summed E-state index contributed by atoms with van der Waals surface area (Å²) in [6.45, 7) is 4.14. The summed E-state index contributed by atoms with van der Waals surface area (Å²) < 4.78 is 26.1. The molecule has 1 N–H and O–H groups in total. The molecule has 0 aliphatic rings. The molecule has 0 saturated heterocycles. The number of hydrogen-bond donors (Lipinski definition) is 1. The first-order valence-electron chi connectivity index (χ1n) is 9.34. The maximum Gasteiger partial charge on any atom is 0.255 e. The first-order valence-corrected chi connectivity index (χ1v) is 11.6. The minimum absolute atomic E-state index is 0.201. The van der Waals surface area contributed by atoms with Crippen molar-refractivity contribution in [2.45, 2.75) is 20.4 Å². The van der Waals surface area contributed by atoms with Gasteiger partial charge in [-0.05, 0) is 79.1 Å². The predicted molar refractivity (Wildman–Crippen MR) is 123 cm³/mol. The number of rotatable bonds is 6. The summed E-state index contributed by atoms with van der Waals surface area (Å²) in [6.07, 6.45) is 1.20. The molecule has 0 aromatic heterocycles. The zero-order valence-electron chi connectivity index (χ0n) is 17.0. The number of hydrogen-bond acceptors (Lipinski definition) is 3. The Morgan fingerprint density at radius 2 is 1.57 bits per heavy atom. The van der Waals surface area contributed by atoms with Crippen LogP contribution in [0.4, 0.5) is 11.4 Å². The zero-order chi connectivity index (χ0) is 21.9. The summed E-state index contributed by atoms with van der Waals surface area (Å²) in [5.74, 6) is -0.243. The minimum Gasteiger partial charge on any atom is -0.322 e. The molecule has 0 atom stereocenters. The van der Waals surface area contributed by atoms with Gasteiger partial charge in [0, 0.05) is 16.3 Å². The largest absolute Gasteiger partial charge is 0.322 e. The summed E-state index contributed by atoms with van der Waals surface area (Å²) in [7, 11) is -3.46. The fourth-order valence-electron chi connectivity index (χ4n) is 2.94. The quantitative estimate of drug-likeness (QED) is 0.572. The van der Waals surface area contributed by atoms with Crippen molar-refractivity contribution in [3.63, 3.8) is 0 Å². The van der Waals surface area contributed by atoms with Crippen LogP contribution in [-0.2, 0) is 16.6 Å². The second-order valence-corrected chi connectivity index (χ2v) is 9.54. The number of aryl methyl sites for hydroxylation is 2. The molecule has 5 nitrogen and oxygen atoms in total. The molecule has 0 spiro atoms. The summed E-state index contributed by atoms with van der Waals surface area (Å²) in [5.41, 5.74) is 4.69. The Labute approximate surface area is 182 Å². The second-order valence-electron chi connectivity index (χ2n) is 7.20. The van der Waals surface area contributed by atoms with Crippen LogP contribution in [0.5, 0.6) is 0 Å². The number of nitrogens with one attached hydrogen (secondary N) is 1. The molecule has 0 radical (unpaired) electrons. The Kier molecular flexibility index (Phi) is 6.48. The molecule has 156 valence electrons. The van der Waals surface area contributed by atoms with Gasteiger partial charge in [0.2, 0.25) is 10.0 Å². The number of carbonyl (C=O) groups is 1. The lowest BCUT2D eigenvalue weighted by atomic mass is 10.1. The van der Waals surface area contributed by atoms with E-state index in [2.05, 4.69) is 5.32 Å². The molecule has 3 aromatic carbocycles. The van der Waals surface area contributed by atoms with E-state index in [0.717, 1.165) is 16.7 Å². The van der Waals surface area contributed by atoms with Crippen LogP contribution in [-0.4, -0.2) is 20.6 Å². The van der Waals surface area contributed by atoms with Gasteiger partial charge in [0.05, 0.1) is 18.5 Å². The van der Waals surface area contributed by atoms with E-state index in [1.165, 1.54) is 10.6 Å². The fraction of sp³-hybridized carbons (Fsp3) is 0.174. The zero-order valence-corrected chi connectivity index (χ0v) is 18.6. The summed E-state index contributed by atoms with van der Waals surface area (Å²) in [5, 5.41) is 3.38. The van der Waals surface area contributed by atoms with Crippen molar-refractivity contribution in [2.24, 2.45) is 0 Å². The van der Waals surface area contributed by atoms with E-state index >= 15 is 0 Å². The highest BCUT2D eigenvalue weighted by Crippen LogP contribution is 2.24. The Morgan fingerprint density at radius 1 is 0.933 bits per heavy atom. The van der Waals surface area contributed by atoms with Crippen molar-refractivity contribution >= 4 is 38.9 Å². The molecular weight excluding hydrogens is 420 g/mol. The van der Waals surface area contributed by atoms with Gasteiger partial charge in [-0.15, -0.1) is 0 Å². The molecule has 0 unspecified atom stereocenters. The molecule has 30 heavy (non-hydrogen) atoms. The normalized spacial score (nSPS) is 11.2. The maximum absolute atomic E-state index is 12.4.